The Labute approximate surface area is 167 Å². The first-order valence-electron chi connectivity index (χ1n) is 9.63. The zero-order valence-corrected chi connectivity index (χ0v) is 16.6. The molecule has 27 heavy (non-hydrogen) atoms. The number of benzene rings is 3. The van der Waals surface area contributed by atoms with Crippen LogP contribution < -0.4 is 9.64 Å². The van der Waals surface area contributed by atoms with E-state index < -0.39 is 0 Å². The number of unbranched alkanes of at least 4 members (excludes halogenated alkanes) is 1. The van der Waals surface area contributed by atoms with Crippen molar-refractivity contribution < 1.29 is 9.64 Å². The monoisotopic (exact) mass is 380 g/mol. The number of nitrogens with one attached hydrogen (secondary N) is 1. The standard InChI is InChI=1S/C24H26ClNO/c1-2-3-16-26(18-20-8-5-4-6-9-20)19-21-10-7-11-24(17-21)27-23-14-12-22(25)13-15-23/h4-15,17H,2-3,16,18-19H2,1H3/p+1. The van der Waals surface area contributed by atoms with Crippen LogP contribution >= 0.6 is 11.6 Å². The van der Waals surface area contributed by atoms with Crippen LogP contribution in [0.3, 0.4) is 0 Å². The number of hydrogen-bond donors (Lipinski definition) is 1. The van der Waals surface area contributed by atoms with Gasteiger partial charge in [0.05, 0.1) is 6.54 Å². The van der Waals surface area contributed by atoms with Crippen LogP contribution in [0.15, 0.2) is 78.9 Å². The molecular formula is C24H27ClNO+. The number of ether oxygens (including phenoxy) is 1. The van der Waals surface area contributed by atoms with E-state index in [2.05, 4.69) is 55.5 Å². The first kappa shape index (κ1) is 19.5. The minimum atomic E-state index is 0.715. The fourth-order valence-corrected chi connectivity index (χ4v) is 3.32. The lowest BCUT2D eigenvalue weighted by atomic mass is 10.1. The minimum Gasteiger partial charge on any atom is -0.457 e. The van der Waals surface area contributed by atoms with Crippen molar-refractivity contribution in [3.05, 3.63) is 95.0 Å². The molecule has 0 aliphatic carbocycles. The highest BCUT2D eigenvalue weighted by Gasteiger charge is 2.11. The molecule has 3 aromatic rings. The largest absolute Gasteiger partial charge is 0.457 e. The average molecular weight is 381 g/mol. The van der Waals surface area contributed by atoms with Crippen molar-refractivity contribution in [2.24, 2.45) is 0 Å². The summed E-state index contributed by atoms with van der Waals surface area (Å²) in [6.45, 7) is 5.46. The van der Waals surface area contributed by atoms with Crippen molar-refractivity contribution in [2.75, 3.05) is 6.54 Å². The second-order valence-corrected chi connectivity index (χ2v) is 7.33. The van der Waals surface area contributed by atoms with Gasteiger partial charge in [-0.1, -0.05) is 67.4 Å². The van der Waals surface area contributed by atoms with E-state index in [0.29, 0.717) is 5.02 Å². The molecule has 0 aromatic heterocycles. The minimum absolute atomic E-state index is 0.715. The lowest BCUT2D eigenvalue weighted by Crippen LogP contribution is -3.09. The van der Waals surface area contributed by atoms with Crippen LogP contribution in [0.2, 0.25) is 5.02 Å². The summed E-state index contributed by atoms with van der Waals surface area (Å²) in [6.07, 6.45) is 2.46. The van der Waals surface area contributed by atoms with E-state index in [-0.39, 0.29) is 0 Å². The van der Waals surface area contributed by atoms with Gasteiger partial charge in [0, 0.05) is 16.1 Å². The molecule has 0 fully saturated rings. The van der Waals surface area contributed by atoms with Crippen molar-refractivity contribution >= 4 is 11.6 Å². The van der Waals surface area contributed by atoms with Crippen molar-refractivity contribution in [1.82, 2.24) is 0 Å². The van der Waals surface area contributed by atoms with Gasteiger partial charge in [0.2, 0.25) is 0 Å². The van der Waals surface area contributed by atoms with Gasteiger partial charge in [0.1, 0.15) is 24.6 Å². The molecule has 0 heterocycles. The Hall–Kier alpha value is -2.29. The third-order valence-electron chi connectivity index (χ3n) is 4.58. The van der Waals surface area contributed by atoms with Gasteiger partial charge in [-0.2, -0.15) is 0 Å². The molecule has 1 N–H and O–H groups in total. The fourth-order valence-electron chi connectivity index (χ4n) is 3.20. The third kappa shape index (κ3) is 6.42. The molecule has 0 aliphatic rings. The molecule has 0 aliphatic heterocycles. The molecule has 0 amide bonds. The molecule has 3 aromatic carbocycles. The second kappa shape index (κ2) is 10.1. The van der Waals surface area contributed by atoms with E-state index in [1.807, 2.05) is 30.3 Å². The molecule has 1 unspecified atom stereocenters. The zero-order chi connectivity index (χ0) is 18.9. The summed E-state index contributed by atoms with van der Waals surface area (Å²) in [4.78, 5) is 1.58. The van der Waals surface area contributed by atoms with Gasteiger partial charge in [-0.25, -0.2) is 0 Å². The summed E-state index contributed by atoms with van der Waals surface area (Å²) in [7, 11) is 0. The van der Waals surface area contributed by atoms with Crippen LogP contribution in [0.1, 0.15) is 30.9 Å². The highest BCUT2D eigenvalue weighted by atomic mass is 35.5. The van der Waals surface area contributed by atoms with E-state index in [9.17, 15) is 0 Å². The van der Waals surface area contributed by atoms with Crippen LogP contribution in [-0.2, 0) is 13.1 Å². The van der Waals surface area contributed by atoms with Crippen LogP contribution in [0, 0.1) is 0 Å². The van der Waals surface area contributed by atoms with Crippen molar-refractivity contribution in [3.63, 3.8) is 0 Å². The summed E-state index contributed by atoms with van der Waals surface area (Å²) >= 11 is 5.95. The maximum absolute atomic E-state index is 5.99. The topological polar surface area (TPSA) is 13.7 Å². The SMILES string of the molecule is CCCC[NH+](Cc1ccccc1)Cc1cccc(Oc2ccc(Cl)cc2)c1. The average Bonchev–Trinajstić information content (AvgIpc) is 2.69. The zero-order valence-electron chi connectivity index (χ0n) is 15.8. The molecule has 140 valence electrons. The Kier molecular flexibility index (Phi) is 7.32. The molecule has 3 heteroatoms. The summed E-state index contributed by atoms with van der Waals surface area (Å²) in [5.41, 5.74) is 2.68. The smallest absolute Gasteiger partial charge is 0.127 e. The lowest BCUT2D eigenvalue weighted by molar-refractivity contribution is -0.927. The fraction of sp³-hybridized carbons (Fsp3) is 0.250. The molecule has 3 rings (SSSR count). The van der Waals surface area contributed by atoms with E-state index in [0.717, 1.165) is 24.6 Å². The Morgan fingerprint density at radius 3 is 2.22 bits per heavy atom. The van der Waals surface area contributed by atoms with Gasteiger partial charge in [0.25, 0.3) is 0 Å². The number of halogens is 1. The Balaban J connectivity index is 1.68. The van der Waals surface area contributed by atoms with Gasteiger partial charge in [0.15, 0.2) is 0 Å². The maximum atomic E-state index is 5.99. The highest BCUT2D eigenvalue weighted by Crippen LogP contribution is 2.23. The van der Waals surface area contributed by atoms with E-state index in [1.165, 1.54) is 30.5 Å². The van der Waals surface area contributed by atoms with Crippen LogP contribution in [-0.4, -0.2) is 6.54 Å². The predicted molar refractivity (Wildman–Crippen MR) is 113 cm³/mol. The number of hydrogen-bond acceptors (Lipinski definition) is 1. The third-order valence-corrected chi connectivity index (χ3v) is 4.83. The first-order chi connectivity index (χ1) is 13.2. The van der Waals surface area contributed by atoms with Crippen LogP contribution in [0.5, 0.6) is 11.5 Å². The Morgan fingerprint density at radius 2 is 1.48 bits per heavy atom. The van der Waals surface area contributed by atoms with E-state index in [4.69, 9.17) is 16.3 Å². The van der Waals surface area contributed by atoms with Crippen molar-refractivity contribution in [2.45, 2.75) is 32.9 Å². The summed E-state index contributed by atoms with van der Waals surface area (Å²) in [6, 6.07) is 26.6. The van der Waals surface area contributed by atoms with Crippen LogP contribution in [0.4, 0.5) is 0 Å². The Bertz CT molecular complexity index is 817. The first-order valence-corrected chi connectivity index (χ1v) is 10.0. The molecule has 1 atom stereocenters. The summed E-state index contributed by atoms with van der Waals surface area (Å²) in [5.74, 6) is 1.67. The molecule has 0 radical (unpaired) electrons. The van der Waals surface area contributed by atoms with E-state index in [1.54, 1.807) is 4.90 Å². The van der Waals surface area contributed by atoms with Gasteiger partial charge in [-0.15, -0.1) is 0 Å². The van der Waals surface area contributed by atoms with Crippen molar-refractivity contribution in [3.8, 4) is 11.5 Å². The number of quaternary nitrogens is 1. The van der Waals surface area contributed by atoms with Gasteiger partial charge < -0.3 is 9.64 Å². The second-order valence-electron chi connectivity index (χ2n) is 6.90. The van der Waals surface area contributed by atoms with Gasteiger partial charge in [-0.05, 0) is 42.8 Å². The number of rotatable bonds is 9. The summed E-state index contributed by atoms with van der Waals surface area (Å²) in [5, 5.41) is 0.715. The highest BCUT2D eigenvalue weighted by molar-refractivity contribution is 6.30. The maximum Gasteiger partial charge on any atom is 0.127 e. The van der Waals surface area contributed by atoms with E-state index >= 15 is 0 Å². The quantitative estimate of drug-likeness (QED) is 0.516. The Morgan fingerprint density at radius 1 is 0.778 bits per heavy atom. The molecule has 0 spiro atoms. The predicted octanol–water partition coefficient (Wildman–Crippen LogP) is 5.52. The van der Waals surface area contributed by atoms with Crippen molar-refractivity contribution in [1.29, 1.82) is 0 Å². The van der Waals surface area contributed by atoms with Crippen LogP contribution in [0.25, 0.3) is 0 Å². The molecule has 2 nitrogen and oxygen atoms in total. The van der Waals surface area contributed by atoms with Gasteiger partial charge in [-0.3, -0.25) is 0 Å². The summed E-state index contributed by atoms with van der Waals surface area (Å²) < 4.78 is 5.99. The molecular weight excluding hydrogens is 354 g/mol. The normalized spacial score (nSPS) is 11.9. The lowest BCUT2D eigenvalue weighted by Gasteiger charge is -2.20. The molecule has 0 saturated carbocycles. The van der Waals surface area contributed by atoms with Gasteiger partial charge >= 0.3 is 0 Å². The molecule has 0 bridgehead atoms. The molecule has 0 saturated heterocycles.